The first-order valence-corrected chi connectivity index (χ1v) is 10.2. The number of halogens is 2. The Kier molecular flexibility index (Phi) is 5.28. The van der Waals surface area contributed by atoms with E-state index in [4.69, 9.17) is 0 Å². The van der Waals surface area contributed by atoms with Crippen LogP contribution in [0, 0.1) is 25.5 Å². The minimum Gasteiger partial charge on any atom is -0.324 e. The molecule has 158 valence electrons. The molecule has 0 atom stereocenters. The van der Waals surface area contributed by atoms with Crippen LogP contribution in [0.1, 0.15) is 11.1 Å². The Morgan fingerprint density at radius 3 is 2.48 bits per heavy atom. The van der Waals surface area contributed by atoms with Crippen LogP contribution < -0.4 is 16.6 Å². The van der Waals surface area contributed by atoms with Gasteiger partial charge in [-0.05, 0) is 66.8 Å². The standard InChI is InChI=1S/C22H17F2N3O3S/c1-12-3-4-14(10-17(12)24)25-19(28)11-26-18-7-8-31-20(18)21(29)27(22(26)30)15-5-6-16(23)13(2)9-15/h3-10H,11H2,1-2H3,(H,25,28). The van der Waals surface area contributed by atoms with Crippen molar-refractivity contribution < 1.29 is 13.6 Å². The Hall–Kier alpha value is -3.59. The van der Waals surface area contributed by atoms with Gasteiger partial charge in [0.2, 0.25) is 5.91 Å². The molecule has 2 aromatic heterocycles. The van der Waals surface area contributed by atoms with Gasteiger partial charge in [-0.3, -0.25) is 14.2 Å². The molecule has 0 saturated heterocycles. The number of carbonyl (C=O) groups excluding carboxylic acids is 1. The molecule has 9 heteroatoms. The Balaban J connectivity index is 1.78. The third-order valence-electron chi connectivity index (χ3n) is 4.91. The minimum absolute atomic E-state index is 0.207. The number of nitrogens with zero attached hydrogens (tertiary/aromatic N) is 2. The number of anilines is 1. The summed E-state index contributed by atoms with van der Waals surface area (Å²) in [5.41, 5.74) is 0.228. The van der Waals surface area contributed by atoms with E-state index in [1.54, 1.807) is 24.4 Å². The zero-order chi connectivity index (χ0) is 22.3. The molecular weight excluding hydrogens is 424 g/mol. The molecule has 0 spiro atoms. The van der Waals surface area contributed by atoms with E-state index in [0.29, 0.717) is 11.1 Å². The third-order valence-corrected chi connectivity index (χ3v) is 5.80. The number of hydrogen-bond acceptors (Lipinski definition) is 4. The van der Waals surface area contributed by atoms with Gasteiger partial charge in [0.25, 0.3) is 5.56 Å². The van der Waals surface area contributed by atoms with Gasteiger partial charge in [0.1, 0.15) is 22.9 Å². The highest BCUT2D eigenvalue weighted by molar-refractivity contribution is 7.17. The fourth-order valence-electron chi connectivity index (χ4n) is 3.25. The number of rotatable bonds is 4. The predicted octanol–water partition coefficient (Wildman–Crippen LogP) is 3.75. The molecule has 2 aromatic carbocycles. The number of hydrogen-bond donors (Lipinski definition) is 1. The van der Waals surface area contributed by atoms with Gasteiger partial charge >= 0.3 is 5.69 Å². The lowest BCUT2D eigenvalue weighted by atomic mass is 10.2. The second kappa shape index (κ2) is 7.92. The van der Waals surface area contributed by atoms with E-state index < -0.39 is 28.8 Å². The zero-order valence-corrected chi connectivity index (χ0v) is 17.4. The maximum absolute atomic E-state index is 13.8. The lowest BCUT2D eigenvalue weighted by Gasteiger charge is -2.13. The molecule has 0 bridgehead atoms. The topological polar surface area (TPSA) is 73.1 Å². The average molecular weight is 441 g/mol. The lowest BCUT2D eigenvalue weighted by molar-refractivity contribution is -0.116. The average Bonchev–Trinajstić information content (AvgIpc) is 3.21. The summed E-state index contributed by atoms with van der Waals surface area (Å²) >= 11 is 1.14. The number of aryl methyl sites for hydroxylation is 2. The van der Waals surface area contributed by atoms with Gasteiger partial charge in [-0.1, -0.05) is 6.07 Å². The van der Waals surface area contributed by atoms with Crippen molar-refractivity contribution in [3.05, 3.63) is 91.4 Å². The SMILES string of the molecule is Cc1cc(-n2c(=O)c3sccc3n(CC(=O)Nc3ccc(C)c(F)c3)c2=O)ccc1F. The van der Waals surface area contributed by atoms with Crippen LogP contribution in [-0.2, 0) is 11.3 Å². The minimum atomic E-state index is -0.729. The van der Waals surface area contributed by atoms with Crippen LogP contribution >= 0.6 is 11.3 Å². The van der Waals surface area contributed by atoms with Crippen LogP contribution in [-0.4, -0.2) is 15.0 Å². The molecule has 0 aliphatic rings. The fraction of sp³-hybridized carbons (Fsp3) is 0.136. The number of fused-ring (bicyclic) bond motifs is 1. The summed E-state index contributed by atoms with van der Waals surface area (Å²) in [5, 5.41) is 4.21. The Bertz CT molecular complexity index is 1450. The van der Waals surface area contributed by atoms with Gasteiger partial charge in [0, 0.05) is 5.69 Å². The maximum atomic E-state index is 13.8. The first-order valence-electron chi connectivity index (χ1n) is 9.32. The summed E-state index contributed by atoms with van der Waals surface area (Å²) in [5.74, 6) is -1.48. The summed E-state index contributed by atoms with van der Waals surface area (Å²) in [4.78, 5) is 38.7. The van der Waals surface area contributed by atoms with Crippen molar-refractivity contribution >= 4 is 33.1 Å². The number of aromatic nitrogens is 2. The monoisotopic (exact) mass is 441 g/mol. The molecule has 0 saturated carbocycles. The van der Waals surface area contributed by atoms with Crippen LogP contribution in [0.25, 0.3) is 15.9 Å². The Labute approximate surface area is 179 Å². The number of benzene rings is 2. The normalized spacial score (nSPS) is 11.1. The summed E-state index contributed by atoms with van der Waals surface area (Å²) in [6.07, 6.45) is 0. The van der Waals surface area contributed by atoms with E-state index in [1.165, 1.54) is 41.8 Å². The lowest BCUT2D eigenvalue weighted by Crippen LogP contribution is -2.40. The van der Waals surface area contributed by atoms with Crippen LogP contribution in [0.4, 0.5) is 14.5 Å². The van der Waals surface area contributed by atoms with Gasteiger partial charge < -0.3 is 5.32 Å². The molecule has 1 N–H and O–H groups in total. The van der Waals surface area contributed by atoms with E-state index in [-0.39, 0.29) is 28.2 Å². The summed E-state index contributed by atoms with van der Waals surface area (Å²) in [7, 11) is 0. The molecule has 0 unspecified atom stereocenters. The van der Waals surface area contributed by atoms with Crippen molar-refractivity contribution in [2.45, 2.75) is 20.4 Å². The molecule has 6 nitrogen and oxygen atoms in total. The number of thiophene rings is 1. The van der Waals surface area contributed by atoms with Crippen LogP contribution in [0.2, 0.25) is 0 Å². The second-order valence-electron chi connectivity index (χ2n) is 7.09. The first-order chi connectivity index (χ1) is 14.8. The van der Waals surface area contributed by atoms with Crippen molar-refractivity contribution in [1.82, 2.24) is 9.13 Å². The highest BCUT2D eigenvalue weighted by Crippen LogP contribution is 2.18. The van der Waals surface area contributed by atoms with E-state index in [2.05, 4.69) is 5.32 Å². The van der Waals surface area contributed by atoms with E-state index in [1.807, 2.05) is 0 Å². The molecule has 4 rings (SSSR count). The van der Waals surface area contributed by atoms with Gasteiger partial charge in [-0.25, -0.2) is 18.1 Å². The number of amides is 1. The summed E-state index contributed by atoms with van der Waals surface area (Å²) in [6, 6.07) is 9.78. The maximum Gasteiger partial charge on any atom is 0.336 e. The third kappa shape index (κ3) is 3.79. The van der Waals surface area contributed by atoms with E-state index in [0.717, 1.165) is 15.9 Å². The van der Waals surface area contributed by atoms with Crippen LogP contribution in [0.3, 0.4) is 0 Å². The Morgan fingerprint density at radius 2 is 1.77 bits per heavy atom. The number of carbonyl (C=O) groups is 1. The van der Waals surface area contributed by atoms with Crippen molar-refractivity contribution in [3.63, 3.8) is 0 Å². The van der Waals surface area contributed by atoms with Crippen molar-refractivity contribution in [2.24, 2.45) is 0 Å². The van der Waals surface area contributed by atoms with Gasteiger partial charge in [-0.2, -0.15) is 0 Å². The molecule has 0 aliphatic carbocycles. The molecule has 0 fully saturated rings. The molecule has 0 aliphatic heterocycles. The largest absolute Gasteiger partial charge is 0.336 e. The molecule has 0 radical (unpaired) electrons. The van der Waals surface area contributed by atoms with Gasteiger partial charge in [0.05, 0.1) is 11.2 Å². The molecule has 31 heavy (non-hydrogen) atoms. The zero-order valence-electron chi connectivity index (χ0n) is 16.6. The van der Waals surface area contributed by atoms with Crippen LogP contribution in [0.5, 0.6) is 0 Å². The predicted molar refractivity (Wildman–Crippen MR) is 116 cm³/mol. The second-order valence-corrected chi connectivity index (χ2v) is 8.01. The van der Waals surface area contributed by atoms with Crippen LogP contribution in [0.15, 0.2) is 57.4 Å². The molecule has 2 heterocycles. The highest BCUT2D eigenvalue weighted by atomic mass is 32.1. The smallest absolute Gasteiger partial charge is 0.324 e. The van der Waals surface area contributed by atoms with E-state index >= 15 is 0 Å². The van der Waals surface area contributed by atoms with Crippen molar-refractivity contribution in [3.8, 4) is 5.69 Å². The quantitative estimate of drug-likeness (QED) is 0.524. The van der Waals surface area contributed by atoms with Gasteiger partial charge in [-0.15, -0.1) is 11.3 Å². The Morgan fingerprint density at radius 1 is 1.00 bits per heavy atom. The van der Waals surface area contributed by atoms with Crippen molar-refractivity contribution in [2.75, 3.05) is 5.32 Å². The molecule has 4 aromatic rings. The van der Waals surface area contributed by atoms with E-state index in [9.17, 15) is 23.2 Å². The highest BCUT2D eigenvalue weighted by Gasteiger charge is 2.18. The summed E-state index contributed by atoms with van der Waals surface area (Å²) < 4.78 is 29.8. The first kappa shape index (κ1) is 20.7. The molecule has 1 amide bonds. The summed E-state index contributed by atoms with van der Waals surface area (Å²) in [6.45, 7) is 2.75. The molecular formula is C22H17F2N3O3S. The van der Waals surface area contributed by atoms with Gasteiger partial charge in [0.15, 0.2) is 0 Å². The van der Waals surface area contributed by atoms with Crippen molar-refractivity contribution in [1.29, 1.82) is 0 Å². The number of nitrogens with one attached hydrogen (secondary N) is 1. The fourth-order valence-corrected chi connectivity index (χ4v) is 4.07.